The Morgan fingerprint density at radius 2 is 1.88 bits per heavy atom. The van der Waals surface area contributed by atoms with E-state index in [9.17, 15) is 4.79 Å². The van der Waals surface area contributed by atoms with Gasteiger partial charge in [-0.25, -0.2) is 4.79 Å². The normalized spacial score (nSPS) is 14.5. The van der Waals surface area contributed by atoms with Crippen LogP contribution in [0.4, 0.5) is 16.2 Å². The number of anilines is 2. The maximum atomic E-state index is 12.2. The number of hydrogen-bond acceptors (Lipinski definition) is 4. The van der Waals surface area contributed by atoms with Gasteiger partial charge in [-0.3, -0.25) is 5.32 Å². The van der Waals surface area contributed by atoms with Crippen LogP contribution in [-0.4, -0.2) is 23.4 Å². The zero-order valence-electron chi connectivity index (χ0n) is 19.4. The van der Waals surface area contributed by atoms with Crippen molar-refractivity contribution in [1.82, 2.24) is 4.57 Å². The topological polar surface area (TPSA) is 78.5 Å². The monoisotopic (exact) mass is 435 g/mol. The Labute approximate surface area is 189 Å². The summed E-state index contributed by atoms with van der Waals surface area (Å²) in [7, 11) is 0. The number of aromatic nitrogens is 1. The van der Waals surface area contributed by atoms with Gasteiger partial charge in [0.15, 0.2) is 0 Å². The lowest BCUT2D eigenvalue weighted by atomic mass is 10.1. The minimum Gasteiger partial charge on any atom is -0.494 e. The molecule has 1 heterocycles. The Kier molecular flexibility index (Phi) is 6.31. The van der Waals surface area contributed by atoms with Crippen LogP contribution in [0, 0.1) is 5.92 Å². The molecule has 0 spiro atoms. The van der Waals surface area contributed by atoms with Gasteiger partial charge in [-0.05, 0) is 70.2 Å². The van der Waals surface area contributed by atoms with Crippen LogP contribution >= 0.6 is 0 Å². The SMILES string of the molecule is CCCOc1ccc2c(N)c(-c3ccc(NC(=O)OC(C)C4CC4)cc3)n(C(C)C)c2c1. The molecule has 1 amide bonds. The van der Waals surface area contributed by atoms with Crippen LogP contribution in [0.25, 0.3) is 22.2 Å². The van der Waals surface area contributed by atoms with Crippen molar-refractivity contribution in [3.63, 3.8) is 0 Å². The number of rotatable bonds is 8. The average Bonchev–Trinajstić information content (AvgIpc) is 3.57. The molecular formula is C26H33N3O3. The van der Waals surface area contributed by atoms with Gasteiger partial charge >= 0.3 is 6.09 Å². The largest absolute Gasteiger partial charge is 0.494 e. The summed E-state index contributed by atoms with van der Waals surface area (Å²) in [5, 5.41) is 3.84. The lowest BCUT2D eigenvalue weighted by molar-refractivity contribution is 0.108. The van der Waals surface area contributed by atoms with E-state index in [0.717, 1.165) is 52.9 Å². The summed E-state index contributed by atoms with van der Waals surface area (Å²) in [5.41, 5.74) is 11.1. The number of hydrogen-bond donors (Lipinski definition) is 2. The second kappa shape index (κ2) is 9.15. The standard InChI is InChI=1S/C26H33N3O3/c1-5-14-31-21-12-13-22-23(15-21)29(16(2)3)25(24(22)27)19-8-10-20(11-9-19)28-26(30)32-17(4)18-6-7-18/h8-13,15-18H,5-7,14,27H2,1-4H3,(H,28,30). The zero-order chi connectivity index (χ0) is 22.8. The molecule has 6 nitrogen and oxygen atoms in total. The third-order valence-corrected chi connectivity index (χ3v) is 5.99. The van der Waals surface area contributed by atoms with Gasteiger partial charge in [0.1, 0.15) is 11.9 Å². The fourth-order valence-corrected chi connectivity index (χ4v) is 4.15. The molecule has 32 heavy (non-hydrogen) atoms. The highest BCUT2D eigenvalue weighted by atomic mass is 16.6. The van der Waals surface area contributed by atoms with Gasteiger partial charge < -0.3 is 19.8 Å². The first-order valence-corrected chi connectivity index (χ1v) is 11.5. The molecule has 1 aliphatic rings. The van der Waals surface area contributed by atoms with E-state index in [1.165, 1.54) is 0 Å². The Morgan fingerprint density at radius 1 is 1.16 bits per heavy atom. The number of fused-ring (bicyclic) bond motifs is 1. The molecular weight excluding hydrogens is 402 g/mol. The maximum absolute atomic E-state index is 12.2. The van der Waals surface area contributed by atoms with Gasteiger partial charge in [0.25, 0.3) is 0 Å². The molecule has 1 atom stereocenters. The summed E-state index contributed by atoms with van der Waals surface area (Å²) in [6, 6.07) is 14.0. The van der Waals surface area contributed by atoms with Crippen molar-refractivity contribution in [2.24, 2.45) is 5.92 Å². The molecule has 4 rings (SSSR count). The van der Waals surface area contributed by atoms with Crippen LogP contribution in [0.1, 0.15) is 53.0 Å². The minimum atomic E-state index is -0.410. The molecule has 170 valence electrons. The second-order valence-corrected chi connectivity index (χ2v) is 8.90. The summed E-state index contributed by atoms with van der Waals surface area (Å²) >= 11 is 0. The van der Waals surface area contributed by atoms with Crippen molar-refractivity contribution in [1.29, 1.82) is 0 Å². The van der Waals surface area contributed by atoms with Crippen molar-refractivity contribution in [2.45, 2.75) is 59.1 Å². The number of carbonyl (C=O) groups is 1. The molecule has 1 fully saturated rings. The lowest BCUT2D eigenvalue weighted by Crippen LogP contribution is -2.21. The quantitative estimate of drug-likeness (QED) is 0.417. The number of ether oxygens (including phenoxy) is 2. The second-order valence-electron chi connectivity index (χ2n) is 8.90. The molecule has 0 radical (unpaired) electrons. The number of nitrogens with one attached hydrogen (secondary N) is 1. The van der Waals surface area contributed by atoms with Crippen LogP contribution in [0.15, 0.2) is 42.5 Å². The van der Waals surface area contributed by atoms with Crippen LogP contribution in [0.3, 0.4) is 0 Å². The van der Waals surface area contributed by atoms with Crippen molar-refractivity contribution >= 4 is 28.4 Å². The highest BCUT2D eigenvalue weighted by molar-refractivity contribution is 6.01. The molecule has 1 unspecified atom stereocenters. The molecule has 1 aliphatic carbocycles. The fourth-order valence-electron chi connectivity index (χ4n) is 4.15. The predicted octanol–water partition coefficient (Wildman–Crippen LogP) is 6.61. The van der Waals surface area contributed by atoms with Gasteiger partial charge in [-0.15, -0.1) is 0 Å². The number of amides is 1. The van der Waals surface area contributed by atoms with E-state index in [-0.39, 0.29) is 12.1 Å². The highest BCUT2D eigenvalue weighted by Crippen LogP contribution is 2.40. The molecule has 2 aromatic carbocycles. The Hall–Kier alpha value is -3.15. The Morgan fingerprint density at radius 3 is 2.50 bits per heavy atom. The summed E-state index contributed by atoms with van der Waals surface area (Å²) in [4.78, 5) is 12.2. The summed E-state index contributed by atoms with van der Waals surface area (Å²) in [6.45, 7) is 9.03. The van der Waals surface area contributed by atoms with E-state index in [1.807, 2.05) is 43.3 Å². The summed E-state index contributed by atoms with van der Waals surface area (Å²) in [6.07, 6.45) is 2.79. The van der Waals surface area contributed by atoms with Crippen LogP contribution < -0.4 is 15.8 Å². The van der Waals surface area contributed by atoms with Crippen molar-refractivity contribution in [3.05, 3.63) is 42.5 Å². The molecule has 0 saturated heterocycles. The van der Waals surface area contributed by atoms with Gasteiger partial charge in [-0.1, -0.05) is 19.1 Å². The Balaban J connectivity index is 1.61. The third kappa shape index (κ3) is 4.54. The first kappa shape index (κ1) is 22.1. The van der Waals surface area contributed by atoms with Crippen LogP contribution in [-0.2, 0) is 4.74 Å². The van der Waals surface area contributed by atoms with Gasteiger partial charge in [-0.2, -0.15) is 0 Å². The third-order valence-electron chi connectivity index (χ3n) is 5.99. The van der Waals surface area contributed by atoms with E-state index in [2.05, 4.69) is 36.7 Å². The van der Waals surface area contributed by atoms with E-state index in [1.54, 1.807) is 0 Å². The molecule has 6 heteroatoms. The van der Waals surface area contributed by atoms with Gasteiger partial charge in [0.05, 0.1) is 23.5 Å². The van der Waals surface area contributed by atoms with E-state index in [0.29, 0.717) is 18.2 Å². The maximum Gasteiger partial charge on any atom is 0.411 e. The van der Waals surface area contributed by atoms with E-state index < -0.39 is 6.09 Å². The van der Waals surface area contributed by atoms with E-state index >= 15 is 0 Å². The number of nitrogen functional groups attached to an aromatic ring is 1. The molecule has 0 bridgehead atoms. The molecule has 3 aromatic rings. The summed E-state index contributed by atoms with van der Waals surface area (Å²) in [5.74, 6) is 1.36. The number of nitrogens with zero attached hydrogens (tertiary/aromatic N) is 1. The van der Waals surface area contributed by atoms with Gasteiger partial charge in [0, 0.05) is 28.7 Å². The number of benzene rings is 2. The number of carbonyl (C=O) groups excluding carboxylic acids is 1. The first-order chi connectivity index (χ1) is 15.4. The highest BCUT2D eigenvalue weighted by Gasteiger charge is 2.30. The number of nitrogens with two attached hydrogens (primary N) is 1. The summed E-state index contributed by atoms with van der Waals surface area (Å²) < 4.78 is 13.5. The molecule has 3 N–H and O–H groups in total. The van der Waals surface area contributed by atoms with Crippen LogP contribution in [0.2, 0.25) is 0 Å². The fraction of sp³-hybridized carbons (Fsp3) is 0.423. The lowest BCUT2D eigenvalue weighted by Gasteiger charge is -2.16. The predicted molar refractivity (Wildman–Crippen MR) is 130 cm³/mol. The zero-order valence-corrected chi connectivity index (χ0v) is 19.4. The smallest absolute Gasteiger partial charge is 0.411 e. The van der Waals surface area contributed by atoms with E-state index in [4.69, 9.17) is 15.2 Å². The van der Waals surface area contributed by atoms with Crippen molar-refractivity contribution < 1.29 is 14.3 Å². The molecule has 1 aromatic heterocycles. The van der Waals surface area contributed by atoms with Gasteiger partial charge in [0.2, 0.25) is 0 Å². The average molecular weight is 436 g/mol. The minimum absolute atomic E-state index is 0.0398. The Bertz CT molecular complexity index is 1100. The van der Waals surface area contributed by atoms with Crippen molar-refractivity contribution in [3.8, 4) is 17.0 Å². The molecule has 1 saturated carbocycles. The van der Waals surface area contributed by atoms with Crippen LogP contribution in [0.5, 0.6) is 5.75 Å². The first-order valence-electron chi connectivity index (χ1n) is 11.5. The molecule has 0 aliphatic heterocycles. The van der Waals surface area contributed by atoms with Crippen molar-refractivity contribution in [2.75, 3.05) is 17.7 Å².